The van der Waals surface area contributed by atoms with Crippen LogP contribution in [0.15, 0.2) is 0 Å². The molecular formula is C15H29NO6. The molecule has 22 heavy (non-hydrogen) atoms. The monoisotopic (exact) mass is 319 g/mol. The normalized spacial score (nSPS) is 21.1. The average molecular weight is 319 g/mol. The van der Waals surface area contributed by atoms with Gasteiger partial charge in [-0.1, -0.05) is 0 Å². The Hall–Kier alpha value is -1.18. The SMILES string of the molecule is CC1(C)CC(O)(O)CC(C)(C)N1.COC(=O)CCC(=O)OC. The fourth-order valence-corrected chi connectivity index (χ4v) is 2.89. The maximum Gasteiger partial charge on any atom is 0.306 e. The van der Waals surface area contributed by atoms with Crippen molar-refractivity contribution in [1.82, 2.24) is 5.32 Å². The second-order valence-electron chi connectivity index (χ2n) is 6.88. The lowest BCUT2D eigenvalue weighted by Crippen LogP contribution is -2.63. The first-order valence-electron chi connectivity index (χ1n) is 7.20. The molecule has 0 aliphatic carbocycles. The quantitative estimate of drug-likeness (QED) is 0.520. The zero-order chi connectivity index (χ0) is 17.6. The van der Waals surface area contributed by atoms with Gasteiger partial charge in [-0.3, -0.25) is 9.59 Å². The standard InChI is InChI=1S/C9H19NO2.C6H10O4/c1-7(2)5-9(11,12)6-8(3,4)10-7;1-9-5(7)3-4-6(8)10-2/h10-12H,5-6H2,1-4H3;3-4H2,1-2H3. The van der Waals surface area contributed by atoms with Crippen LogP contribution in [0.1, 0.15) is 53.4 Å². The number of esters is 2. The van der Waals surface area contributed by atoms with Crippen LogP contribution in [0.25, 0.3) is 0 Å². The van der Waals surface area contributed by atoms with Crippen LogP contribution in [0.5, 0.6) is 0 Å². The van der Waals surface area contributed by atoms with E-state index in [4.69, 9.17) is 0 Å². The van der Waals surface area contributed by atoms with Crippen molar-refractivity contribution in [3.05, 3.63) is 0 Å². The molecule has 1 aliphatic rings. The van der Waals surface area contributed by atoms with Gasteiger partial charge in [0.15, 0.2) is 5.79 Å². The van der Waals surface area contributed by atoms with E-state index in [1.165, 1.54) is 14.2 Å². The van der Waals surface area contributed by atoms with Crippen molar-refractivity contribution >= 4 is 11.9 Å². The zero-order valence-corrected chi connectivity index (χ0v) is 14.4. The second kappa shape index (κ2) is 7.89. The fraction of sp³-hybridized carbons (Fsp3) is 0.867. The smallest absolute Gasteiger partial charge is 0.306 e. The van der Waals surface area contributed by atoms with Crippen molar-refractivity contribution < 1.29 is 29.3 Å². The van der Waals surface area contributed by atoms with Gasteiger partial charge in [0.1, 0.15) is 0 Å². The number of carbonyl (C=O) groups excluding carboxylic acids is 2. The van der Waals surface area contributed by atoms with Crippen LogP contribution in [0.3, 0.4) is 0 Å². The summed E-state index contributed by atoms with van der Waals surface area (Å²) in [6.07, 6.45) is 0.930. The number of nitrogens with one attached hydrogen (secondary N) is 1. The van der Waals surface area contributed by atoms with Crippen molar-refractivity contribution in [2.24, 2.45) is 0 Å². The van der Waals surface area contributed by atoms with Gasteiger partial charge < -0.3 is 25.0 Å². The van der Waals surface area contributed by atoms with Gasteiger partial charge in [0.2, 0.25) is 0 Å². The van der Waals surface area contributed by atoms with Crippen molar-refractivity contribution in [1.29, 1.82) is 0 Å². The predicted octanol–water partition coefficient (Wildman–Crippen LogP) is 0.721. The van der Waals surface area contributed by atoms with Gasteiger partial charge in [-0.05, 0) is 27.7 Å². The number of carbonyl (C=O) groups is 2. The molecule has 0 spiro atoms. The van der Waals surface area contributed by atoms with Crippen LogP contribution in [-0.2, 0) is 19.1 Å². The maximum atomic E-state index is 10.4. The molecule has 0 aromatic carbocycles. The summed E-state index contributed by atoms with van der Waals surface area (Å²) in [5.74, 6) is -2.31. The Balaban J connectivity index is 0.000000409. The lowest BCUT2D eigenvalue weighted by molar-refractivity contribution is -0.209. The summed E-state index contributed by atoms with van der Waals surface area (Å²) in [5.41, 5.74) is -0.406. The molecule has 0 aromatic heterocycles. The van der Waals surface area contributed by atoms with E-state index in [2.05, 4.69) is 14.8 Å². The highest BCUT2D eigenvalue weighted by Crippen LogP contribution is 2.33. The Labute approximate surface area is 132 Å². The van der Waals surface area contributed by atoms with Crippen molar-refractivity contribution in [3.8, 4) is 0 Å². The molecule has 0 radical (unpaired) electrons. The number of rotatable bonds is 3. The van der Waals surface area contributed by atoms with E-state index in [0.717, 1.165) is 0 Å². The van der Waals surface area contributed by atoms with E-state index in [0.29, 0.717) is 12.8 Å². The minimum absolute atomic E-state index is 0.0865. The molecule has 0 amide bonds. The fourth-order valence-electron chi connectivity index (χ4n) is 2.89. The number of hydrogen-bond acceptors (Lipinski definition) is 7. The number of aliphatic hydroxyl groups is 2. The van der Waals surface area contributed by atoms with E-state index >= 15 is 0 Å². The number of methoxy groups -OCH3 is 2. The molecule has 0 aromatic rings. The molecule has 7 heteroatoms. The van der Waals surface area contributed by atoms with Gasteiger partial charge in [0.25, 0.3) is 0 Å². The molecular weight excluding hydrogens is 290 g/mol. The minimum atomic E-state index is -1.52. The first-order chi connectivity index (χ1) is 9.82. The molecule has 7 nitrogen and oxygen atoms in total. The molecule has 0 unspecified atom stereocenters. The summed E-state index contributed by atoms with van der Waals surface area (Å²) in [6, 6.07) is 0. The molecule has 1 rings (SSSR count). The topological polar surface area (TPSA) is 105 Å². The largest absolute Gasteiger partial charge is 0.469 e. The molecule has 1 saturated heterocycles. The minimum Gasteiger partial charge on any atom is -0.469 e. The van der Waals surface area contributed by atoms with E-state index in [-0.39, 0.29) is 23.9 Å². The van der Waals surface area contributed by atoms with Crippen molar-refractivity contribution in [2.45, 2.75) is 70.2 Å². The van der Waals surface area contributed by atoms with Gasteiger partial charge in [0, 0.05) is 23.9 Å². The van der Waals surface area contributed by atoms with Crippen LogP contribution in [-0.4, -0.2) is 53.2 Å². The van der Waals surface area contributed by atoms with Crippen LogP contribution < -0.4 is 5.32 Å². The highest BCUT2D eigenvalue weighted by molar-refractivity contribution is 5.77. The van der Waals surface area contributed by atoms with E-state index < -0.39 is 17.7 Å². The lowest BCUT2D eigenvalue weighted by Gasteiger charge is -2.48. The van der Waals surface area contributed by atoms with Crippen LogP contribution in [0.4, 0.5) is 0 Å². The van der Waals surface area contributed by atoms with E-state index in [1.807, 2.05) is 27.7 Å². The molecule has 0 saturated carbocycles. The third-order valence-electron chi connectivity index (χ3n) is 3.12. The number of ether oxygens (including phenoxy) is 2. The number of piperidine rings is 1. The third kappa shape index (κ3) is 8.96. The molecule has 1 aliphatic heterocycles. The Kier molecular flexibility index (Phi) is 7.47. The summed E-state index contributed by atoms with van der Waals surface area (Å²) >= 11 is 0. The summed E-state index contributed by atoms with van der Waals surface area (Å²) < 4.78 is 8.60. The summed E-state index contributed by atoms with van der Waals surface area (Å²) in [4.78, 5) is 20.8. The average Bonchev–Trinajstić information content (AvgIpc) is 2.30. The maximum absolute atomic E-state index is 10.4. The third-order valence-corrected chi connectivity index (χ3v) is 3.12. The molecule has 0 atom stereocenters. The summed E-state index contributed by atoms with van der Waals surface area (Å²) in [5, 5.41) is 22.5. The number of hydrogen-bond donors (Lipinski definition) is 3. The summed E-state index contributed by atoms with van der Waals surface area (Å²) in [7, 11) is 2.55. The Morgan fingerprint density at radius 3 is 1.45 bits per heavy atom. The van der Waals surface area contributed by atoms with Crippen LogP contribution >= 0.6 is 0 Å². The summed E-state index contributed by atoms with van der Waals surface area (Å²) in [6.45, 7) is 7.92. The van der Waals surface area contributed by atoms with E-state index in [1.54, 1.807) is 0 Å². The van der Waals surface area contributed by atoms with Gasteiger partial charge in [-0.15, -0.1) is 0 Å². The first-order valence-corrected chi connectivity index (χ1v) is 7.20. The van der Waals surface area contributed by atoms with Crippen molar-refractivity contribution in [3.63, 3.8) is 0 Å². The Morgan fingerprint density at radius 1 is 0.909 bits per heavy atom. The molecule has 3 N–H and O–H groups in total. The second-order valence-corrected chi connectivity index (χ2v) is 6.88. The van der Waals surface area contributed by atoms with E-state index in [9.17, 15) is 19.8 Å². The molecule has 130 valence electrons. The highest BCUT2D eigenvalue weighted by Gasteiger charge is 2.44. The Bertz CT molecular complexity index is 328. The van der Waals surface area contributed by atoms with Gasteiger partial charge in [0.05, 0.1) is 27.1 Å². The van der Waals surface area contributed by atoms with Gasteiger partial charge in [-0.2, -0.15) is 0 Å². The lowest BCUT2D eigenvalue weighted by atomic mass is 9.79. The zero-order valence-electron chi connectivity index (χ0n) is 14.4. The first kappa shape index (κ1) is 20.8. The molecule has 1 fully saturated rings. The molecule has 0 bridgehead atoms. The van der Waals surface area contributed by atoms with Crippen molar-refractivity contribution in [2.75, 3.05) is 14.2 Å². The van der Waals surface area contributed by atoms with Gasteiger partial charge >= 0.3 is 11.9 Å². The molecule has 1 heterocycles. The highest BCUT2D eigenvalue weighted by atomic mass is 16.5. The predicted molar refractivity (Wildman–Crippen MR) is 81.0 cm³/mol. The van der Waals surface area contributed by atoms with Crippen LogP contribution in [0, 0.1) is 0 Å². The Morgan fingerprint density at radius 2 is 1.23 bits per heavy atom. The van der Waals surface area contributed by atoms with Crippen LogP contribution in [0.2, 0.25) is 0 Å². The van der Waals surface area contributed by atoms with Gasteiger partial charge in [-0.25, -0.2) is 0 Å².